The molecule has 3 N–H and O–H groups in total. The minimum absolute atomic E-state index is 0.179. The van der Waals surface area contributed by atoms with E-state index in [1.54, 1.807) is 0 Å². The first-order valence-corrected chi connectivity index (χ1v) is 6.40. The Hall–Kier alpha value is -0.610. The van der Waals surface area contributed by atoms with Gasteiger partial charge in [-0.1, -0.05) is 20.8 Å². The molecule has 0 rings (SSSR count). The van der Waals surface area contributed by atoms with Crippen LogP contribution in [0.25, 0.3) is 0 Å². The van der Waals surface area contributed by atoms with E-state index in [0.29, 0.717) is 0 Å². The van der Waals surface area contributed by atoms with Gasteiger partial charge in [0, 0.05) is 6.54 Å². The highest BCUT2D eigenvalue weighted by atomic mass is 16.1. The molecule has 96 valence electrons. The van der Waals surface area contributed by atoms with Crippen molar-refractivity contribution >= 4 is 5.91 Å². The molecule has 1 atom stereocenters. The van der Waals surface area contributed by atoms with Crippen LogP contribution in [0.3, 0.4) is 0 Å². The Morgan fingerprint density at radius 1 is 1.19 bits per heavy atom. The van der Waals surface area contributed by atoms with Crippen LogP contribution in [-0.4, -0.2) is 43.0 Å². The van der Waals surface area contributed by atoms with Gasteiger partial charge in [-0.15, -0.1) is 0 Å². The van der Waals surface area contributed by atoms with Gasteiger partial charge in [0.2, 0.25) is 5.91 Å². The van der Waals surface area contributed by atoms with E-state index in [2.05, 4.69) is 24.1 Å². The van der Waals surface area contributed by atoms with Crippen molar-refractivity contribution in [3.63, 3.8) is 0 Å². The fourth-order valence-corrected chi connectivity index (χ4v) is 1.87. The molecule has 1 amide bonds. The Morgan fingerprint density at radius 2 is 1.75 bits per heavy atom. The lowest BCUT2D eigenvalue weighted by Gasteiger charge is -2.23. The molecular formula is C12H27N3O. The molecule has 0 aromatic carbocycles. The Bertz CT molecular complexity index is 179. The molecule has 0 saturated heterocycles. The van der Waals surface area contributed by atoms with Gasteiger partial charge < -0.3 is 16.0 Å². The minimum atomic E-state index is -0.241. The molecule has 0 aromatic heterocycles. The van der Waals surface area contributed by atoms with Crippen LogP contribution >= 0.6 is 0 Å². The third kappa shape index (κ3) is 6.80. The number of primary amides is 1. The van der Waals surface area contributed by atoms with Crippen LogP contribution in [0.2, 0.25) is 0 Å². The van der Waals surface area contributed by atoms with Crippen LogP contribution in [0.4, 0.5) is 0 Å². The van der Waals surface area contributed by atoms with Gasteiger partial charge in [0.25, 0.3) is 0 Å². The fourth-order valence-electron chi connectivity index (χ4n) is 1.87. The SMILES string of the molecule is CCCN(CCC)CCC(NCC)C(N)=O. The van der Waals surface area contributed by atoms with Crippen LogP contribution in [0.15, 0.2) is 0 Å². The maximum absolute atomic E-state index is 11.2. The molecule has 0 saturated carbocycles. The zero-order valence-corrected chi connectivity index (χ0v) is 11.0. The largest absolute Gasteiger partial charge is 0.368 e. The van der Waals surface area contributed by atoms with Crippen LogP contribution < -0.4 is 11.1 Å². The maximum atomic E-state index is 11.2. The number of nitrogens with one attached hydrogen (secondary N) is 1. The van der Waals surface area contributed by atoms with E-state index >= 15 is 0 Å². The molecule has 4 nitrogen and oxygen atoms in total. The first-order valence-electron chi connectivity index (χ1n) is 6.40. The summed E-state index contributed by atoms with van der Waals surface area (Å²) in [7, 11) is 0. The van der Waals surface area contributed by atoms with Gasteiger partial charge in [-0.2, -0.15) is 0 Å². The number of nitrogens with two attached hydrogens (primary N) is 1. The van der Waals surface area contributed by atoms with E-state index in [4.69, 9.17) is 5.73 Å². The van der Waals surface area contributed by atoms with Crippen molar-refractivity contribution < 1.29 is 4.79 Å². The zero-order chi connectivity index (χ0) is 12.4. The number of carbonyl (C=O) groups is 1. The lowest BCUT2D eigenvalue weighted by atomic mass is 10.1. The van der Waals surface area contributed by atoms with Crippen LogP contribution in [-0.2, 0) is 4.79 Å². The fraction of sp³-hybridized carbons (Fsp3) is 0.917. The third-order valence-electron chi connectivity index (χ3n) is 2.61. The zero-order valence-electron chi connectivity index (χ0n) is 11.0. The number of nitrogens with zero attached hydrogens (tertiary/aromatic N) is 1. The summed E-state index contributed by atoms with van der Waals surface area (Å²) in [6.07, 6.45) is 3.12. The van der Waals surface area contributed by atoms with Crippen LogP contribution in [0.1, 0.15) is 40.0 Å². The number of carbonyl (C=O) groups excluding carboxylic acids is 1. The predicted molar refractivity (Wildman–Crippen MR) is 68.3 cm³/mol. The van der Waals surface area contributed by atoms with Crippen molar-refractivity contribution in [2.75, 3.05) is 26.2 Å². The summed E-state index contributed by atoms with van der Waals surface area (Å²) in [6.45, 7) is 10.3. The summed E-state index contributed by atoms with van der Waals surface area (Å²) in [6, 6.07) is -0.179. The summed E-state index contributed by atoms with van der Waals surface area (Å²) in [5.74, 6) is -0.241. The predicted octanol–water partition coefficient (Wildman–Crippen LogP) is 0.962. The summed E-state index contributed by atoms with van der Waals surface area (Å²) in [5.41, 5.74) is 5.34. The van der Waals surface area contributed by atoms with Gasteiger partial charge >= 0.3 is 0 Å². The molecule has 16 heavy (non-hydrogen) atoms. The summed E-state index contributed by atoms with van der Waals surface area (Å²) < 4.78 is 0. The normalized spacial score (nSPS) is 13.0. The van der Waals surface area contributed by atoms with Gasteiger partial charge in [0.05, 0.1) is 6.04 Å². The molecule has 0 radical (unpaired) electrons. The molecule has 0 bridgehead atoms. The van der Waals surface area contributed by atoms with Gasteiger partial charge in [-0.25, -0.2) is 0 Å². The molecule has 0 aliphatic carbocycles. The molecule has 0 aromatic rings. The lowest BCUT2D eigenvalue weighted by molar-refractivity contribution is -0.120. The van der Waals surface area contributed by atoms with E-state index in [0.717, 1.165) is 45.4 Å². The highest BCUT2D eigenvalue weighted by Crippen LogP contribution is 1.99. The molecule has 0 aliphatic rings. The van der Waals surface area contributed by atoms with Crippen molar-refractivity contribution in [2.24, 2.45) is 5.73 Å². The Labute approximate surface area is 99.6 Å². The molecule has 4 heteroatoms. The van der Waals surface area contributed by atoms with Crippen molar-refractivity contribution in [3.8, 4) is 0 Å². The Kier molecular flexibility index (Phi) is 9.24. The summed E-state index contributed by atoms with van der Waals surface area (Å²) in [5, 5.41) is 3.12. The molecule has 0 heterocycles. The highest BCUT2D eigenvalue weighted by molar-refractivity contribution is 5.79. The second-order valence-corrected chi connectivity index (χ2v) is 4.14. The van der Waals surface area contributed by atoms with Crippen molar-refractivity contribution in [1.82, 2.24) is 10.2 Å². The first-order chi connectivity index (χ1) is 7.65. The second kappa shape index (κ2) is 9.60. The number of likely N-dealkylation sites (N-methyl/N-ethyl adjacent to an activating group) is 1. The molecule has 1 unspecified atom stereocenters. The van der Waals surface area contributed by atoms with Crippen molar-refractivity contribution in [2.45, 2.75) is 46.1 Å². The minimum Gasteiger partial charge on any atom is -0.368 e. The molecule has 0 spiro atoms. The highest BCUT2D eigenvalue weighted by Gasteiger charge is 2.14. The van der Waals surface area contributed by atoms with Gasteiger partial charge in [-0.05, 0) is 38.9 Å². The van der Waals surface area contributed by atoms with E-state index in [1.165, 1.54) is 0 Å². The Balaban J connectivity index is 3.98. The van der Waals surface area contributed by atoms with Crippen LogP contribution in [0, 0.1) is 0 Å². The monoisotopic (exact) mass is 229 g/mol. The quantitative estimate of drug-likeness (QED) is 0.586. The molecule has 0 fully saturated rings. The third-order valence-corrected chi connectivity index (χ3v) is 2.61. The van der Waals surface area contributed by atoms with Crippen molar-refractivity contribution in [3.05, 3.63) is 0 Å². The Morgan fingerprint density at radius 3 is 2.12 bits per heavy atom. The standard InChI is InChI=1S/C12H27N3O/c1-4-8-15(9-5-2)10-7-11(12(13)16)14-6-3/h11,14H,4-10H2,1-3H3,(H2,13,16). The number of rotatable bonds is 10. The summed E-state index contributed by atoms with van der Waals surface area (Å²) >= 11 is 0. The number of hydrogen-bond acceptors (Lipinski definition) is 3. The average molecular weight is 229 g/mol. The smallest absolute Gasteiger partial charge is 0.234 e. The lowest BCUT2D eigenvalue weighted by Crippen LogP contribution is -2.43. The van der Waals surface area contributed by atoms with Gasteiger partial charge in [-0.3, -0.25) is 4.79 Å². The second-order valence-electron chi connectivity index (χ2n) is 4.14. The van der Waals surface area contributed by atoms with Gasteiger partial charge in [0.15, 0.2) is 0 Å². The number of hydrogen-bond donors (Lipinski definition) is 2. The number of amides is 1. The van der Waals surface area contributed by atoms with E-state index in [-0.39, 0.29) is 11.9 Å². The first kappa shape index (κ1) is 15.4. The van der Waals surface area contributed by atoms with E-state index < -0.39 is 0 Å². The maximum Gasteiger partial charge on any atom is 0.234 e. The average Bonchev–Trinajstić information content (AvgIpc) is 2.24. The molecular weight excluding hydrogens is 202 g/mol. The topological polar surface area (TPSA) is 58.4 Å². The summed E-state index contributed by atoms with van der Waals surface area (Å²) in [4.78, 5) is 13.6. The van der Waals surface area contributed by atoms with E-state index in [1.807, 2.05) is 6.92 Å². The van der Waals surface area contributed by atoms with Gasteiger partial charge in [0.1, 0.15) is 0 Å². The van der Waals surface area contributed by atoms with Crippen molar-refractivity contribution in [1.29, 1.82) is 0 Å². The molecule has 0 aliphatic heterocycles. The van der Waals surface area contributed by atoms with E-state index in [9.17, 15) is 4.79 Å². The van der Waals surface area contributed by atoms with Crippen LogP contribution in [0.5, 0.6) is 0 Å².